The standard InChI is InChI=1S/C17H20O5S/c1-20-14-8-11(9-15(21-2)17(14)22-3)16(10-18)23-13-6-4-12(19)5-7-13/h4-9,16,18-19H,10H2,1-3H3/t16-/m0/s1. The van der Waals surface area contributed by atoms with Crippen LogP contribution in [0, 0.1) is 0 Å². The number of phenolic OH excluding ortho intramolecular Hbond substituents is 1. The predicted octanol–water partition coefficient (Wildman–Crippen LogP) is 3.24. The minimum Gasteiger partial charge on any atom is -0.508 e. The summed E-state index contributed by atoms with van der Waals surface area (Å²) in [7, 11) is 4.67. The Hall–Kier alpha value is -2.05. The second-order valence-corrected chi connectivity index (χ2v) is 6.02. The highest BCUT2D eigenvalue weighted by atomic mass is 32.2. The summed E-state index contributed by atoms with van der Waals surface area (Å²) in [5, 5.41) is 18.9. The molecule has 0 saturated heterocycles. The van der Waals surface area contributed by atoms with E-state index in [2.05, 4.69) is 0 Å². The number of ether oxygens (including phenoxy) is 3. The van der Waals surface area contributed by atoms with Crippen LogP contribution in [0.1, 0.15) is 10.8 Å². The predicted molar refractivity (Wildman–Crippen MR) is 89.9 cm³/mol. The van der Waals surface area contributed by atoms with Crippen LogP contribution < -0.4 is 14.2 Å². The van der Waals surface area contributed by atoms with E-state index < -0.39 is 0 Å². The van der Waals surface area contributed by atoms with Crippen molar-refractivity contribution >= 4 is 11.8 Å². The molecule has 0 fully saturated rings. The van der Waals surface area contributed by atoms with Crippen molar-refractivity contribution < 1.29 is 24.4 Å². The van der Waals surface area contributed by atoms with E-state index in [1.54, 1.807) is 45.6 Å². The lowest BCUT2D eigenvalue weighted by molar-refractivity contribution is 0.294. The van der Waals surface area contributed by atoms with Crippen molar-refractivity contribution in [2.24, 2.45) is 0 Å². The van der Waals surface area contributed by atoms with E-state index in [1.807, 2.05) is 12.1 Å². The van der Waals surface area contributed by atoms with Crippen LogP contribution in [0.2, 0.25) is 0 Å². The van der Waals surface area contributed by atoms with Gasteiger partial charge < -0.3 is 24.4 Å². The SMILES string of the molecule is COc1cc([C@H](CO)Sc2ccc(O)cc2)cc(OC)c1OC. The van der Waals surface area contributed by atoms with E-state index in [1.165, 1.54) is 11.8 Å². The van der Waals surface area contributed by atoms with E-state index in [4.69, 9.17) is 14.2 Å². The minimum absolute atomic E-state index is 0.0514. The third kappa shape index (κ3) is 4.03. The second-order valence-electron chi connectivity index (χ2n) is 4.74. The number of rotatable bonds is 7. The van der Waals surface area contributed by atoms with E-state index in [9.17, 15) is 10.2 Å². The maximum Gasteiger partial charge on any atom is 0.203 e. The summed E-state index contributed by atoms with van der Waals surface area (Å²) >= 11 is 1.49. The molecule has 1 atom stereocenters. The molecule has 2 aromatic carbocycles. The fourth-order valence-corrected chi connectivity index (χ4v) is 3.16. The Morgan fingerprint density at radius 1 is 0.957 bits per heavy atom. The summed E-state index contributed by atoms with van der Waals surface area (Å²) in [5.41, 5.74) is 0.861. The summed E-state index contributed by atoms with van der Waals surface area (Å²) in [4.78, 5) is 0.940. The Morgan fingerprint density at radius 2 is 1.52 bits per heavy atom. The Labute approximate surface area is 139 Å². The molecule has 2 aromatic rings. The molecule has 0 radical (unpaired) electrons. The van der Waals surface area contributed by atoms with Crippen molar-refractivity contribution in [1.29, 1.82) is 0 Å². The van der Waals surface area contributed by atoms with Crippen molar-refractivity contribution in [1.82, 2.24) is 0 Å². The summed E-state index contributed by atoms with van der Waals surface area (Å²) in [5.74, 6) is 1.82. The molecule has 5 nitrogen and oxygen atoms in total. The van der Waals surface area contributed by atoms with Gasteiger partial charge in [0.1, 0.15) is 5.75 Å². The van der Waals surface area contributed by atoms with Crippen molar-refractivity contribution in [2.75, 3.05) is 27.9 Å². The number of hydrogen-bond acceptors (Lipinski definition) is 6. The van der Waals surface area contributed by atoms with Gasteiger partial charge in [-0.3, -0.25) is 0 Å². The lowest BCUT2D eigenvalue weighted by Crippen LogP contribution is -2.03. The Kier molecular flexibility index (Phi) is 6.01. The fraction of sp³-hybridized carbons (Fsp3) is 0.294. The van der Waals surface area contributed by atoms with Gasteiger partial charge in [-0.05, 0) is 42.0 Å². The highest BCUT2D eigenvalue weighted by Crippen LogP contribution is 2.43. The summed E-state index contributed by atoms with van der Waals surface area (Å²) < 4.78 is 16.0. The Bertz CT molecular complexity index is 617. The lowest BCUT2D eigenvalue weighted by atomic mass is 10.1. The molecule has 0 bridgehead atoms. The molecule has 0 aliphatic rings. The van der Waals surface area contributed by atoms with Crippen LogP contribution in [0.3, 0.4) is 0 Å². The molecule has 0 heterocycles. The van der Waals surface area contributed by atoms with Gasteiger partial charge in [-0.2, -0.15) is 0 Å². The van der Waals surface area contributed by atoms with Gasteiger partial charge in [0.05, 0.1) is 33.2 Å². The van der Waals surface area contributed by atoms with Crippen LogP contribution in [-0.2, 0) is 0 Å². The summed E-state index contributed by atoms with van der Waals surface area (Å²) in [6, 6.07) is 10.5. The number of phenols is 1. The van der Waals surface area contributed by atoms with Crippen LogP contribution in [0.25, 0.3) is 0 Å². The Balaban J connectivity index is 2.35. The third-order valence-electron chi connectivity index (χ3n) is 3.34. The molecule has 0 aliphatic carbocycles. The molecule has 0 saturated carbocycles. The third-order valence-corrected chi connectivity index (χ3v) is 4.59. The van der Waals surface area contributed by atoms with Gasteiger partial charge in [0, 0.05) is 4.90 Å². The van der Waals surface area contributed by atoms with Crippen molar-refractivity contribution in [3.63, 3.8) is 0 Å². The van der Waals surface area contributed by atoms with Gasteiger partial charge in [0.15, 0.2) is 11.5 Å². The van der Waals surface area contributed by atoms with Gasteiger partial charge in [-0.1, -0.05) is 0 Å². The van der Waals surface area contributed by atoms with Gasteiger partial charge in [0.25, 0.3) is 0 Å². The van der Waals surface area contributed by atoms with E-state index in [0.717, 1.165) is 10.5 Å². The fourth-order valence-electron chi connectivity index (χ4n) is 2.19. The minimum atomic E-state index is -0.201. The molecule has 0 spiro atoms. The normalized spacial score (nSPS) is 11.8. The highest BCUT2D eigenvalue weighted by molar-refractivity contribution is 7.99. The zero-order chi connectivity index (χ0) is 16.8. The first-order valence-electron chi connectivity index (χ1n) is 6.99. The molecular weight excluding hydrogens is 316 g/mol. The number of methoxy groups -OCH3 is 3. The van der Waals surface area contributed by atoms with E-state index >= 15 is 0 Å². The smallest absolute Gasteiger partial charge is 0.203 e. The lowest BCUT2D eigenvalue weighted by Gasteiger charge is -2.19. The molecule has 0 amide bonds. The summed E-state index contributed by atoms with van der Waals surface area (Å²) in [6.07, 6.45) is 0. The number of benzene rings is 2. The largest absolute Gasteiger partial charge is 0.508 e. The molecule has 2 rings (SSSR count). The van der Waals surface area contributed by atoms with Crippen molar-refractivity contribution in [3.8, 4) is 23.0 Å². The van der Waals surface area contributed by atoms with Crippen LogP contribution in [0.15, 0.2) is 41.3 Å². The van der Waals surface area contributed by atoms with Gasteiger partial charge in [-0.25, -0.2) is 0 Å². The first-order chi connectivity index (χ1) is 11.1. The van der Waals surface area contributed by atoms with E-state index in [0.29, 0.717) is 17.2 Å². The second kappa shape index (κ2) is 7.99. The molecule has 0 unspecified atom stereocenters. The Morgan fingerprint density at radius 3 is 1.96 bits per heavy atom. The summed E-state index contributed by atoms with van der Waals surface area (Å²) in [6.45, 7) is -0.0514. The van der Waals surface area contributed by atoms with Gasteiger partial charge in [0.2, 0.25) is 5.75 Å². The number of aromatic hydroxyl groups is 1. The maximum atomic E-state index is 9.77. The molecule has 0 aliphatic heterocycles. The maximum absolute atomic E-state index is 9.77. The zero-order valence-electron chi connectivity index (χ0n) is 13.3. The van der Waals surface area contributed by atoms with Crippen LogP contribution in [0.4, 0.5) is 0 Å². The van der Waals surface area contributed by atoms with E-state index in [-0.39, 0.29) is 17.6 Å². The highest BCUT2D eigenvalue weighted by Gasteiger charge is 2.19. The number of aliphatic hydroxyl groups excluding tert-OH is 1. The van der Waals surface area contributed by atoms with Gasteiger partial charge >= 0.3 is 0 Å². The average Bonchev–Trinajstić information content (AvgIpc) is 2.59. The van der Waals surface area contributed by atoms with Crippen LogP contribution >= 0.6 is 11.8 Å². The molecule has 6 heteroatoms. The van der Waals surface area contributed by atoms with Crippen LogP contribution in [-0.4, -0.2) is 38.1 Å². The topological polar surface area (TPSA) is 68.2 Å². The molecule has 124 valence electrons. The van der Waals surface area contributed by atoms with Crippen molar-refractivity contribution in [3.05, 3.63) is 42.0 Å². The molecular formula is C17H20O5S. The first-order valence-corrected chi connectivity index (χ1v) is 7.87. The molecule has 23 heavy (non-hydrogen) atoms. The molecule has 0 aromatic heterocycles. The first kappa shape index (κ1) is 17.3. The van der Waals surface area contributed by atoms with Crippen LogP contribution in [0.5, 0.6) is 23.0 Å². The average molecular weight is 336 g/mol. The van der Waals surface area contributed by atoms with Crippen molar-refractivity contribution in [2.45, 2.75) is 10.1 Å². The number of aliphatic hydroxyl groups is 1. The number of hydrogen-bond donors (Lipinski definition) is 2. The van der Waals surface area contributed by atoms with Gasteiger partial charge in [-0.15, -0.1) is 11.8 Å². The molecule has 2 N–H and O–H groups in total. The monoisotopic (exact) mass is 336 g/mol. The zero-order valence-corrected chi connectivity index (χ0v) is 14.1. The quantitative estimate of drug-likeness (QED) is 0.757. The number of thioether (sulfide) groups is 1.